The van der Waals surface area contributed by atoms with Crippen molar-refractivity contribution in [1.29, 1.82) is 0 Å². The van der Waals surface area contributed by atoms with Gasteiger partial charge >= 0.3 is 0 Å². The summed E-state index contributed by atoms with van der Waals surface area (Å²) in [5.41, 5.74) is 0.821. The minimum absolute atomic E-state index is 0.0265. The monoisotopic (exact) mass is 312 g/mol. The Hall–Kier alpha value is -2.04. The summed E-state index contributed by atoms with van der Waals surface area (Å²) in [5, 5.41) is 13.0. The second-order valence-corrected chi connectivity index (χ2v) is 6.12. The predicted octanol–water partition coefficient (Wildman–Crippen LogP) is -0.325. The fraction of sp³-hybridized carbons (Fsp3) is 0.364. The van der Waals surface area contributed by atoms with Gasteiger partial charge in [0.15, 0.2) is 5.82 Å². The van der Waals surface area contributed by atoms with Crippen LogP contribution in [0.4, 0.5) is 0 Å². The molecule has 9 nitrogen and oxygen atoms in total. The number of ether oxygens (including phenoxy) is 1. The number of aromatic nitrogens is 4. The number of benzene rings is 1. The van der Waals surface area contributed by atoms with Crippen molar-refractivity contribution in [2.45, 2.75) is 13.1 Å². The van der Waals surface area contributed by atoms with Crippen molar-refractivity contribution in [3.05, 3.63) is 35.7 Å². The Balaban J connectivity index is 1.98. The quantitative estimate of drug-likeness (QED) is 0.724. The van der Waals surface area contributed by atoms with E-state index in [-0.39, 0.29) is 18.9 Å². The van der Waals surface area contributed by atoms with Crippen molar-refractivity contribution in [3.8, 4) is 5.75 Å². The van der Waals surface area contributed by atoms with E-state index in [4.69, 9.17) is 4.74 Å². The molecule has 2 rings (SSSR count). The van der Waals surface area contributed by atoms with Gasteiger partial charge in [-0.1, -0.05) is 17.3 Å². The third-order valence-electron chi connectivity index (χ3n) is 2.75. The lowest BCUT2D eigenvalue weighted by Crippen LogP contribution is -2.37. The van der Waals surface area contributed by atoms with Gasteiger partial charge in [-0.2, -0.15) is 22.7 Å². The van der Waals surface area contributed by atoms with Crippen LogP contribution < -0.4 is 9.46 Å². The molecule has 1 heterocycles. The van der Waals surface area contributed by atoms with Crippen LogP contribution in [-0.2, 0) is 23.3 Å². The molecule has 0 aliphatic carbocycles. The summed E-state index contributed by atoms with van der Waals surface area (Å²) in [7, 11) is -0.588. The topological polar surface area (TPSA) is 113 Å². The first kappa shape index (κ1) is 15.4. The smallest absolute Gasteiger partial charge is 0.279 e. The lowest BCUT2D eigenvalue weighted by molar-refractivity contribution is 0.412. The van der Waals surface area contributed by atoms with Crippen molar-refractivity contribution in [3.63, 3.8) is 0 Å². The number of tetrazole rings is 1. The number of nitrogens with zero attached hydrogens (tertiary/aromatic N) is 4. The molecule has 1 aromatic carbocycles. The zero-order valence-electron chi connectivity index (χ0n) is 11.6. The summed E-state index contributed by atoms with van der Waals surface area (Å²) < 4.78 is 32.9. The first-order valence-corrected chi connectivity index (χ1v) is 7.51. The maximum absolute atomic E-state index is 12.1. The molecular formula is C11H16N6O3S. The molecular weight excluding hydrogens is 296 g/mol. The summed E-state index contributed by atoms with van der Waals surface area (Å²) in [6.07, 6.45) is 0. The molecule has 0 fully saturated rings. The van der Waals surface area contributed by atoms with E-state index in [1.54, 1.807) is 25.3 Å². The molecule has 0 saturated carbocycles. The standard InChI is InChI=1S/C11H16N6O3S/c1-17(8-9-4-3-5-10(6-9)20-2)21(18,19)12-7-11-13-15-16-14-11/h3-6,12H,7-8H2,1-2H3,(H,13,14,15,16). The van der Waals surface area contributed by atoms with Crippen molar-refractivity contribution >= 4 is 10.2 Å². The van der Waals surface area contributed by atoms with Crippen LogP contribution in [0, 0.1) is 0 Å². The van der Waals surface area contributed by atoms with Gasteiger partial charge in [-0.05, 0) is 17.7 Å². The van der Waals surface area contributed by atoms with E-state index in [9.17, 15) is 8.42 Å². The van der Waals surface area contributed by atoms with E-state index in [0.29, 0.717) is 5.75 Å². The Morgan fingerprint density at radius 2 is 2.24 bits per heavy atom. The van der Waals surface area contributed by atoms with Crippen molar-refractivity contribution in [1.82, 2.24) is 29.7 Å². The molecule has 1 aromatic heterocycles. The molecule has 2 aromatic rings. The van der Waals surface area contributed by atoms with Crippen molar-refractivity contribution in [2.24, 2.45) is 0 Å². The maximum atomic E-state index is 12.1. The van der Waals surface area contributed by atoms with E-state index >= 15 is 0 Å². The van der Waals surface area contributed by atoms with Crippen LogP contribution in [0.15, 0.2) is 24.3 Å². The Morgan fingerprint density at radius 1 is 1.43 bits per heavy atom. The maximum Gasteiger partial charge on any atom is 0.279 e. The summed E-state index contributed by atoms with van der Waals surface area (Å²) >= 11 is 0. The number of rotatable bonds is 7. The fourth-order valence-corrected chi connectivity index (χ4v) is 2.49. The van der Waals surface area contributed by atoms with Crippen LogP contribution in [0.5, 0.6) is 5.75 Å². The van der Waals surface area contributed by atoms with Gasteiger partial charge in [0.05, 0.1) is 13.7 Å². The van der Waals surface area contributed by atoms with Crippen LogP contribution in [0.25, 0.3) is 0 Å². The highest BCUT2D eigenvalue weighted by molar-refractivity contribution is 7.87. The summed E-state index contributed by atoms with van der Waals surface area (Å²) in [6, 6.07) is 7.22. The van der Waals surface area contributed by atoms with Crippen LogP contribution in [0.3, 0.4) is 0 Å². The number of hydrogen-bond acceptors (Lipinski definition) is 6. The normalized spacial score (nSPS) is 11.8. The number of nitrogens with one attached hydrogen (secondary N) is 2. The van der Waals surface area contributed by atoms with Crippen LogP contribution in [0.1, 0.15) is 11.4 Å². The summed E-state index contributed by atoms with van der Waals surface area (Å²) in [6.45, 7) is 0.195. The summed E-state index contributed by atoms with van der Waals surface area (Å²) in [5.74, 6) is 0.950. The third kappa shape index (κ3) is 4.21. The highest BCUT2D eigenvalue weighted by atomic mass is 32.2. The van der Waals surface area contributed by atoms with Crippen LogP contribution in [0.2, 0.25) is 0 Å². The van der Waals surface area contributed by atoms with Crippen molar-refractivity contribution in [2.75, 3.05) is 14.2 Å². The van der Waals surface area contributed by atoms with Gasteiger partial charge in [-0.3, -0.25) is 0 Å². The van der Waals surface area contributed by atoms with E-state index < -0.39 is 10.2 Å². The van der Waals surface area contributed by atoms with Crippen LogP contribution in [-0.4, -0.2) is 47.5 Å². The van der Waals surface area contributed by atoms with Gasteiger partial charge in [-0.25, -0.2) is 0 Å². The molecule has 0 aliphatic heterocycles. The Labute approximate surface area is 122 Å². The molecule has 2 N–H and O–H groups in total. The lowest BCUT2D eigenvalue weighted by atomic mass is 10.2. The molecule has 0 atom stereocenters. The number of methoxy groups -OCH3 is 1. The molecule has 0 radical (unpaired) electrons. The van der Waals surface area contributed by atoms with Gasteiger partial charge in [0, 0.05) is 13.6 Å². The number of hydrogen-bond donors (Lipinski definition) is 2. The van der Waals surface area contributed by atoms with Gasteiger partial charge < -0.3 is 4.74 Å². The molecule has 0 amide bonds. The van der Waals surface area contributed by atoms with E-state index in [0.717, 1.165) is 5.56 Å². The second-order valence-electron chi connectivity index (χ2n) is 4.26. The summed E-state index contributed by atoms with van der Waals surface area (Å²) in [4.78, 5) is 0. The van der Waals surface area contributed by atoms with E-state index in [2.05, 4.69) is 25.3 Å². The number of aromatic amines is 1. The Morgan fingerprint density at radius 3 is 2.90 bits per heavy atom. The molecule has 114 valence electrons. The number of H-pyrrole nitrogens is 1. The first-order valence-electron chi connectivity index (χ1n) is 6.07. The third-order valence-corrected chi connectivity index (χ3v) is 4.21. The average Bonchev–Trinajstić information content (AvgIpc) is 2.99. The Kier molecular flexibility index (Phi) is 4.83. The minimum atomic E-state index is -3.63. The van der Waals surface area contributed by atoms with Gasteiger partial charge in [-0.15, -0.1) is 10.2 Å². The molecule has 0 aliphatic rings. The zero-order chi connectivity index (χ0) is 15.3. The highest BCUT2D eigenvalue weighted by Crippen LogP contribution is 2.14. The van der Waals surface area contributed by atoms with E-state index in [1.807, 2.05) is 6.07 Å². The minimum Gasteiger partial charge on any atom is -0.497 e. The predicted molar refractivity (Wildman–Crippen MR) is 74.4 cm³/mol. The molecule has 0 saturated heterocycles. The molecule has 21 heavy (non-hydrogen) atoms. The molecule has 10 heteroatoms. The molecule has 0 spiro atoms. The SMILES string of the molecule is COc1cccc(CN(C)S(=O)(=O)NCc2nn[nH]n2)c1. The van der Waals surface area contributed by atoms with Crippen LogP contribution >= 0.6 is 0 Å². The second kappa shape index (κ2) is 6.61. The van der Waals surface area contributed by atoms with E-state index in [1.165, 1.54) is 11.4 Å². The fourth-order valence-electron chi connectivity index (χ4n) is 1.64. The van der Waals surface area contributed by atoms with Crippen molar-refractivity contribution < 1.29 is 13.2 Å². The zero-order valence-corrected chi connectivity index (χ0v) is 12.5. The molecule has 0 bridgehead atoms. The van der Waals surface area contributed by atoms with Gasteiger partial charge in [0.25, 0.3) is 10.2 Å². The van der Waals surface area contributed by atoms with Gasteiger partial charge in [0.1, 0.15) is 5.75 Å². The van der Waals surface area contributed by atoms with Gasteiger partial charge in [0.2, 0.25) is 0 Å². The highest BCUT2D eigenvalue weighted by Gasteiger charge is 2.18. The average molecular weight is 312 g/mol. The Bertz CT molecular complexity index is 673. The largest absolute Gasteiger partial charge is 0.497 e. The lowest BCUT2D eigenvalue weighted by Gasteiger charge is -2.17. The molecule has 0 unspecified atom stereocenters. The first-order chi connectivity index (χ1) is 10.0.